The summed E-state index contributed by atoms with van der Waals surface area (Å²) in [5.74, 6) is 0.639. The number of nitrogens with zero attached hydrogens (tertiary/aromatic N) is 3. The molecule has 1 aromatic carbocycles. The zero-order valence-corrected chi connectivity index (χ0v) is 11.7. The van der Waals surface area contributed by atoms with Crippen molar-refractivity contribution in [2.75, 3.05) is 7.05 Å². The number of fused-ring (bicyclic) bond motifs is 1. The first-order valence-corrected chi connectivity index (χ1v) is 7.29. The monoisotopic (exact) mass is 272 g/mol. The van der Waals surface area contributed by atoms with E-state index in [4.69, 9.17) is 0 Å². The molecule has 1 aromatic heterocycles. The predicted molar refractivity (Wildman–Crippen MR) is 78.6 cm³/mol. The smallest absolute Gasteiger partial charge is 0.277 e. The van der Waals surface area contributed by atoms with Crippen LogP contribution in [0, 0.1) is 5.92 Å². The first-order chi connectivity index (χ1) is 9.79. The fraction of sp³-hybridized carbons (Fsp3) is 0.533. The summed E-state index contributed by atoms with van der Waals surface area (Å²) < 4.78 is 1.50. The number of hydrogen-bond donors (Lipinski definition) is 1. The van der Waals surface area contributed by atoms with Gasteiger partial charge in [-0.3, -0.25) is 4.79 Å². The molecule has 2 aromatic rings. The molecule has 1 fully saturated rings. The number of benzene rings is 1. The lowest BCUT2D eigenvalue weighted by Crippen LogP contribution is -2.40. The topological polar surface area (TPSA) is 59.8 Å². The van der Waals surface area contributed by atoms with Crippen molar-refractivity contribution in [2.45, 2.75) is 38.3 Å². The lowest BCUT2D eigenvalue weighted by atomic mass is 9.98. The SMILES string of the molecule is CNC(Cn1nnc2ccccc2c1=O)C1CCCC1. The van der Waals surface area contributed by atoms with Crippen LogP contribution in [-0.4, -0.2) is 28.1 Å². The molecule has 0 bridgehead atoms. The van der Waals surface area contributed by atoms with Gasteiger partial charge in [0.1, 0.15) is 5.52 Å². The Morgan fingerprint density at radius 2 is 2.10 bits per heavy atom. The van der Waals surface area contributed by atoms with Gasteiger partial charge in [0, 0.05) is 6.04 Å². The Labute approximate surface area is 118 Å². The fourth-order valence-electron chi connectivity index (χ4n) is 3.17. The van der Waals surface area contributed by atoms with Crippen LogP contribution in [0.1, 0.15) is 25.7 Å². The Morgan fingerprint density at radius 1 is 1.35 bits per heavy atom. The van der Waals surface area contributed by atoms with Gasteiger partial charge in [-0.25, -0.2) is 4.68 Å². The first-order valence-electron chi connectivity index (χ1n) is 7.29. The van der Waals surface area contributed by atoms with Crippen molar-refractivity contribution in [1.29, 1.82) is 0 Å². The minimum atomic E-state index is -0.0474. The van der Waals surface area contributed by atoms with Crippen molar-refractivity contribution < 1.29 is 0 Å². The minimum absolute atomic E-state index is 0.0474. The molecule has 1 unspecified atom stereocenters. The molecular weight excluding hydrogens is 252 g/mol. The van der Waals surface area contributed by atoms with Crippen molar-refractivity contribution in [3.63, 3.8) is 0 Å². The molecule has 1 atom stereocenters. The fourth-order valence-corrected chi connectivity index (χ4v) is 3.17. The maximum absolute atomic E-state index is 12.4. The van der Waals surface area contributed by atoms with E-state index in [-0.39, 0.29) is 5.56 Å². The maximum atomic E-state index is 12.4. The summed E-state index contributed by atoms with van der Waals surface area (Å²) in [6.07, 6.45) is 5.06. The normalized spacial score (nSPS) is 17.6. The van der Waals surface area contributed by atoms with Crippen LogP contribution in [0.2, 0.25) is 0 Å². The van der Waals surface area contributed by atoms with Crippen LogP contribution in [0.25, 0.3) is 10.9 Å². The molecule has 1 aliphatic rings. The van der Waals surface area contributed by atoms with Crippen molar-refractivity contribution >= 4 is 10.9 Å². The Hall–Kier alpha value is -1.75. The summed E-state index contributed by atoms with van der Waals surface area (Å²) in [6, 6.07) is 7.66. The number of aromatic nitrogens is 3. The summed E-state index contributed by atoms with van der Waals surface area (Å²) in [5, 5.41) is 12.2. The largest absolute Gasteiger partial charge is 0.315 e. The molecule has 1 heterocycles. The summed E-state index contributed by atoms with van der Waals surface area (Å²) in [4.78, 5) is 12.4. The van der Waals surface area contributed by atoms with Crippen LogP contribution in [0.5, 0.6) is 0 Å². The molecule has 0 amide bonds. The molecule has 5 heteroatoms. The highest BCUT2D eigenvalue weighted by Crippen LogP contribution is 2.28. The number of rotatable bonds is 4. The summed E-state index contributed by atoms with van der Waals surface area (Å²) >= 11 is 0. The third-order valence-corrected chi connectivity index (χ3v) is 4.34. The van der Waals surface area contributed by atoms with Crippen molar-refractivity contribution in [3.05, 3.63) is 34.6 Å². The predicted octanol–water partition coefficient (Wildman–Crippen LogP) is 1.57. The van der Waals surface area contributed by atoms with E-state index >= 15 is 0 Å². The molecule has 1 aliphatic carbocycles. The quantitative estimate of drug-likeness (QED) is 0.918. The molecule has 1 N–H and O–H groups in total. The van der Waals surface area contributed by atoms with Crippen LogP contribution in [0.4, 0.5) is 0 Å². The number of likely N-dealkylation sites (N-methyl/N-ethyl adjacent to an activating group) is 1. The second kappa shape index (κ2) is 5.71. The minimum Gasteiger partial charge on any atom is -0.315 e. The molecule has 20 heavy (non-hydrogen) atoms. The van der Waals surface area contributed by atoms with Crippen molar-refractivity contribution in [1.82, 2.24) is 20.3 Å². The van der Waals surface area contributed by atoms with E-state index in [0.29, 0.717) is 29.4 Å². The average Bonchev–Trinajstić information content (AvgIpc) is 3.01. The van der Waals surface area contributed by atoms with Gasteiger partial charge in [0.05, 0.1) is 11.9 Å². The third kappa shape index (κ3) is 2.45. The highest BCUT2D eigenvalue weighted by Gasteiger charge is 2.24. The Morgan fingerprint density at radius 3 is 2.85 bits per heavy atom. The van der Waals surface area contributed by atoms with Gasteiger partial charge >= 0.3 is 0 Å². The van der Waals surface area contributed by atoms with E-state index in [1.165, 1.54) is 30.4 Å². The van der Waals surface area contributed by atoms with Gasteiger partial charge in [-0.15, -0.1) is 5.10 Å². The Balaban J connectivity index is 1.90. The van der Waals surface area contributed by atoms with Gasteiger partial charge in [-0.2, -0.15) is 0 Å². The molecular formula is C15H20N4O. The van der Waals surface area contributed by atoms with Crippen molar-refractivity contribution in [2.24, 2.45) is 5.92 Å². The van der Waals surface area contributed by atoms with E-state index in [9.17, 15) is 4.79 Å². The van der Waals surface area contributed by atoms with E-state index in [0.717, 1.165) is 0 Å². The molecule has 0 saturated heterocycles. The second-order valence-corrected chi connectivity index (χ2v) is 5.53. The second-order valence-electron chi connectivity index (χ2n) is 5.53. The highest BCUT2D eigenvalue weighted by molar-refractivity contribution is 5.76. The standard InChI is InChI=1S/C15H20N4O/c1-16-14(11-6-2-3-7-11)10-19-15(20)12-8-4-5-9-13(12)17-18-19/h4-5,8-9,11,14,16H,2-3,6-7,10H2,1H3. The Kier molecular flexibility index (Phi) is 3.78. The lowest BCUT2D eigenvalue weighted by molar-refractivity contribution is 0.319. The zero-order chi connectivity index (χ0) is 13.9. The van der Waals surface area contributed by atoms with E-state index in [1.54, 1.807) is 0 Å². The van der Waals surface area contributed by atoms with Crippen LogP contribution in [0.15, 0.2) is 29.1 Å². The third-order valence-electron chi connectivity index (χ3n) is 4.34. The summed E-state index contributed by atoms with van der Waals surface area (Å²) in [5.41, 5.74) is 0.615. The van der Waals surface area contributed by atoms with E-state index < -0.39 is 0 Å². The average molecular weight is 272 g/mol. The van der Waals surface area contributed by atoms with E-state index in [1.807, 2.05) is 31.3 Å². The maximum Gasteiger partial charge on any atom is 0.277 e. The van der Waals surface area contributed by atoms with Gasteiger partial charge < -0.3 is 5.32 Å². The Bertz CT molecular complexity index is 646. The van der Waals surface area contributed by atoms with E-state index in [2.05, 4.69) is 15.6 Å². The van der Waals surface area contributed by atoms with Crippen LogP contribution in [0.3, 0.4) is 0 Å². The molecule has 106 valence electrons. The molecule has 0 radical (unpaired) electrons. The van der Waals surface area contributed by atoms with Gasteiger partial charge in [-0.05, 0) is 37.9 Å². The lowest BCUT2D eigenvalue weighted by Gasteiger charge is -2.22. The molecule has 1 saturated carbocycles. The van der Waals surface area contributed by atoms with Crippen LogP contribution in [-0.2, 0) is 6.54 Å². The van der Waals surface area contributed by atoms with Gasteiger partial charge in [0.15, 0.2) is 0 Å². The molecule has 0 aliphatic heterocycles. The highest BCUT2D eigenvalue weighted by atomic mass is 16.1. The molecule has 0 spiro atoms. The van der Waals surface area contributed by atoms with Gasteiger partial charge in [0.2, 0.25) is 0 Å². The molecule has 5 nitrogen and oxygen atoms in total. The number of nitrogens with one attached hydrogen (secondary N) is 1. The zero-order valence-electron chi connectivity index (χ0n) is 11.7. The van der Waals surface area contributed by atoms with Crippen LogP contribution >= 0.6 is 0 Å². The van der Waals surface area contributed by atoms with Gasteiger partial charge in [0.25, 0.3) is 5.56 Å². The molecule has 3 rings (SSSR count). The summed E-state index contributed by atoms with van der Waals surface area (Å²) in [7, 11) is 1.96. The summed E-state index contributed by atoms with van der Waals surface area (Å²) in [6.45, 7) is 0.595. The number of hydrogen-bond acceptors (Lipinski definition) is 4. The van der Waals surface area contributed by atoms with Crippen LogP contribution < -0.4 is 10.9 Å². The van der Waals surface area contributed by atoms with Gasteiger partial charge in [-0.1, -0.05) is 30.2 Å². The van der Waals surface area contributed by atoms with Crippen molar-refractivity contribution in [3.8, 4) is 0 Å². The first kappa shape index (κ1) is 13.2.